The van der Waals surface area contributed by atoms with Crippen molar-refractivity contribution in [3.8, 4) is 0 Å². The van der Waals surface area contributed by atoms with E-state index in [1.165, 1.54) is 4.90 Å². The number of carboxylic acids is 1. The van der Waals surface area contributed by atoms with Gasteiger partial charge in [-0.25, -0.2) is 4.79 Å². The van der Waals surface area contributed by atoms with E-state index in [0.717, 1.165) is 12.0 Å². The number of hydrogen-bond donors (Lipinski definition) is 2. The van der Waals surface area contributed by atoms with E-state index in [2.05, 4.69) is 0 Å². The lowest BCUT2D eigenvalue weighted by Gasteiger charge is -2.23. The lowest BCUT2D eigenvalue weighted by Crippen LogP contribution is -2.42. The van der Waals surface area contributed by atoms with Crippen molar-refractivity contribution in [2.75, 3.05) is 6.54 Å². The number of nitrogens with zero attached hydrogens (tertiary/aromatic N) is 1. The van der Waals surface area contributed by atoms with Gasteiger partial charge in [-0.2, -0.15) is 0 Å². The second-order valence-corrected chi connectivity index (χ2v) is 4.95. The van der Waals surface area contributed by atoms with Gasteiger partial charge in [0.05, 0.1) is 0 Å². The number of likely N-dealkylation sites (tertiary alicyclic amines) is 1. The lowest BCUT2D eigenvalue weighted by molar-refractivity contribution is -0.142. The highest BCUT2D eigenvalue weighted by Gasteiger charge is 2.39. The Morgan fingerprint density at radius 2 is 2.00 bits per heavy atom. The molecule has 1 aromatic carbocycles. The van der Waals surface area contributed by atoms with Gasteiger partial charge in [-0.1, -0.05) is 19.1 Å². The molecule has 5 nitrogen and oxygen atoms in total. The first-order valence-electron chi connectivity index (χ1n) is 6.37. The summed E-state index contributed by atoms with van der Waals surface area (Å²) < 4.78 is 0. The van der Waals surface area contributed by atoms with Gasteiger partial charge in [-0.15, -0.1) is 0 Å². The van der Waals surface area contributed by atoms with Crippen molar-refractivity contribution in [2.24, 2.45) is 11.7 Å². The number of nitrogens with two attached hydrogens (primary N) is 1. The summed E-state index contributed by atoms with van der Waals surface area (Å²) in [5.74, 6) is -1.16. The molecule has 19 heavy (non-hydrogen) atoms. The first kappa shape index (κ1) is 13.5. The van der Waals surface area contributed by atoms with Crippen molar-refractivity contribution in [1.29, 1.82) is 0 Å². The summed E-state index contributed by atoms with van der Waals surface area (Å²) in [5.41, 5.74) is 6.96. The highest BCUT2D eigenvalue weighted by molar-refractivity contribution is 5.97. The predicted molar refractivity (Wildman–Crippen MR) is 70.6 cm³/mol. The van der Waals surface area contributed by atoms with Gasteiger partial charge in [0.25, 0.3) is 5.91 Å². The Balaban J connectivity index is 2.20. The third kappa shape index (κ3) is 2.61. The average molecular weight is 262 g/mol. The van der Waals surface area contributed by atoms with E-state index in [0.29, 0.717) is 18.7 Å². The van der Waals surface area contributed by atoms with E-state index in [-0.39, 0.29) is 11.8 Å². The van der Waals surface area contributed by atoms with E-state index >= 15 is 0 Å². The Morgan fingerprint density at radius 1 is 1.37 bits per heavy atom. The van der Waals surface area contributed by atoms with Crippen LogP contribution in [0.1, 0.15) is 29.3 Å². The third-order valence-electron chi connectivity index (χ3n) is 3.65. The number of amides is 1. The Morgan fingerprint density at radius 3 is 2.53 bits per heavy atom. The maximum Gasteiger partial charge on any atom is 0.326 e. The van der Waals surface area contributed by atoms with Crippen LogP contribution in [0.3, 0.4) is 0 Å². The maximum absolute atomic E-state index is 12.3. The molecule has 3 N–H and O–H groups in total. The third-order valence-corrected chi connectivity index (χ3v) is 3.65. The SMILES string of the molecule is CC1CCN(C(=O)c2ccc(CN)cc2)C1C(=O)O. The quantitative estimate of drug-likeness (QED) is 0.853. The summed E-state index contributed by atoms with van der Waals surface area (Å²) in [6, 6.07) is 6.27. The number of carbonyl (C=O) groups is 2. The zero-order valence-corrected chi connectivity index (χ0v) is 10.9. The molecule has 1 heterocycles. The molecule has 0 saturated carbocycles. The monoisotopic (exact) mass is 262 g/mol. The Labute approximate surface area is 112 Å². The largest absolute Gasteiger partial charge is 0.480 e. The van der Waals surface area contributed by atoms with E-state index in [1.807, 2.05) is 6.92 Å². The number of aliphatic carboxylic acids is 1. The van der Waals surface area contributed by atoms with Crippen LogP contribution in [0.2, 0.25) is 0 Å². The van der Waals surface area contributed by atoms with Crippen LogP contribution in [-0.4, -0.2) is 34.5 Å². The van der Waals surface area contributed by atoms with Crippen molar-refractivity contribution < 1.29 is 14.7 Å². The molecule has 1 aromatic rings. The van der Waals surface area contributed by atoms with Crippen LogP contribution in [-0.2, 0) is 11.3 Å². The zero-order chi connectivity index (χ0) is 14.0. The normalized spacial score (nSPS) is 22.5. The molecule has 2 unspecified atom stereocenters. The molecule has 1 aliphatic rings. The second-order valence-electron chi connectivity index (χ2n) is 4.95. The fourth-order valence-corrected chi connectivity index (χ4v) is 2.50. The van der Waals surface area contributed by atoms with Crippen LogP contribution in [0.4, 0.5) is 0 Å². The minimum Gasteiger partial charge on any atom is -0.480 e. The maximum atomic E-state index is 12.3. The second kappa shape index (κ2) is 5.40. The zero-order valence-electron chi connectivity index (χ0n) is 10.9. The minimum atomic E-state index is -0.933. The van der Waals surface area contributed by atoms with Gasteiger partial charge in [0.1, 0.15) is 6.04 Å². The van der Waals surface area contributed by atoms with Gasteiger partial charge in [-0.3, -0.25) is 4.79 Å². The molecule has 0 radical (unpaired) electrons. The Kier molecular flexibility index (Phi) is 3.85. The average Bonchev–Trinajstić information content (AvgIpc) is 2.80. The van der Waals surface area contributed by atoms with Crippen LogP contribution in [0.5, 0.6) is 0 Å². The highest BCUT2D eigenvalue weighted by atomic mass is 16.4. The Hall–Kier alpha value is -1.88. The van der Waals surface area contributed by atoms with Gasteiger partial charge in [0, 0.05) is 18.7 Å². The van der Waals surface area contributed by atoms with Crippen LogP contribution in [0.15, 0.2) is 24.3 Å². The van der Waals surface area contributed by atoms with Gasteiger partial charge < -0.3 is 15.7 Å². The minimum absolute atomic E-state index is 0.00948. The van der Waals surface area contributed by atoms with E-state index < -0.39 is 12.0 Å². The summed E-state index contributed by atoms with van der Waals surface area (Å²) in [4.78, 5) is 25.0. The van der Waals surface area contributed by atoms with Gasteiger partial charge >= 0.3 is 5.97 Å². The van der Waals surface area contributed by atoms with Gasteiger partial charge in [-0.05, 0) is 30.0 Å². The fourth-order valence-electron chi connectivity index (χ4n) is 2.50. The first-order valence-corrected chi connectivity index (χ1v) is 6.37. The highest BCUT2D eigenvalue weighted by Crippen LogP contribution is 2.26. The summed E-state index contributed by atoms with van der Waals surface area (Å²) in [6.45, 7) is 2.78. The molecule has 2 rings (SSSR count). The number of rotatable bonds is 3. The molecule has 102 valence electrons. The predicted octanol–water partition coefficient (Wildman–Crippen LogP) is 1.08. The molecule has 1 fully saturated rings. The topological polar surface area (TPSA) is 83.6 Å². The van der Waals surface area contributed by atoms with Crippen LogP contribution in [0, 0.1) is 5.92 Å². The van der Waals surface area contributed by atoms with Gasteiger partial charge in [0.2, 0.25) is 0 Å². The fraction of sp³-hybridized carbons (Fsp3) is 0.429. The molecular formula is C14H18N2O3. The molecule has 0 aliphatic carbocycles. The molecule has 5 heteroatoms. The van der Waals surface area contributed by atoms with Crippen molar-refractivity contribution in [2.45, 2.75) is 25.9 Å². The summed E-state index contributed by atoms with van der Waals surface area (Å²) >= 11 is 0. The summed E-state index contributed by atoms with van der Waals surface area (Å²) in [6.07, 6.45) is 0.726. The number of benzene rings is 1. The van der Waals surface area contributed by atoms with Crippen LogP contribution < -0.4 is 5.73 Å². The smallest absolute Gasteiger partial charge is 0.326 e. The number of hydrogen-bond acceptors (Lipinski definition) is 3. The molecule has 1 amide bonds. The van der Waals surface area contributed by atoms with Crippen molar-refractivity contribution in [3.63, 3.8) is 0 Å². The Bertz CT molecular complexity index is 484. The molecular weight excluding hydrogens is 244 g/mol. The standard InChI is InChI=1S/C14H18N2O3/c1-9-6-7-16(12(9)14(18)19)13(17)11-4-2-10(8-15)3-5-11/h2-5,9,12H,6-8,15H2,1H3,(H,18,19). The molecule has 0 aromatic heterocycles. The van der Waals surface area contributed by atoms with E-state index in [4.69, 9.17) is 5.73 Å². The molecule has 0 spiro atoms. The van der Waals surface area contributed by atoms with E-state index in [1.54, 1.807) is 24.3 Å². The molecule has 2 atom stereocenters. The lowest BCUT2D eigenvalue weighted by atomic mass is 10.0. The van der Waals surface area contributed by atoms with Crippen LogP contribution in [0.25, 0.3) is 0 Å². The molecule has 1 saturated heterocycles. The van der Waals surface area contributed by atoms with Crippen molar-refractivity contribution >= 4 is 11.9 Å². The summed E-state index contributed by atoms with van der Waals surface area (Å²) in [5, 5.41) is 9.22. The summed E-state index contributed by atoms with van der Waals surface area (Å²) in [7, 11) is 0. The van der Waals surface area contributed by atoms with Crippen LogP contribution >= 0.6 is 0 Å². The molecule has 1 aliphatic heterocycles. The number of carboxylic acid groups (broad SMARTS) is 1. The van der Waals surface area contributed by atoms with Crippen molar-refractivity contribution in [3.05, 3.63) is 35.4 Å². The number of carbonyl (C=O) groups excluding carboxylic acids is 1. The van der Waals surface area contributed by atoms with Gasteiger partial charge in [0.15, 0.2) is 0 Å². The first-order chi connectivity index (χ1) is 9.04. The van der Waals surface area contributed by atoms with Crippen molar-refractivity contribution in [1.82, 2.24) is 4.90 Å². The molecule has 0 bridgehead atoms. The van der Waals surface area contributed by atoms with E-state index in [9.17, 15) is 14.7 Å².